The number of likely N-dealkylation sites (tertiary alicyclic amines) is 1. The lowest BCUT2D eigenvalue weighted by Crippen LogP contribution is -2.45. The van der Waals surface area contributed by atoms with Gasteiger partial charge >= 0.3 is 0 Å². The van der Waals surface area contributed by atoms with E-state index in [4.69, 9.17) is 4.74 Å². The van der Waals surface area contributed by atoms with E-state index in [0.29, 0.717) is 12.3 Å². The van der Waals surface area contributed by atoms with E-state index < -0.39 is 0 Å². The molecule has 0 saturated carbocycles. The van der Waals surface area contributed by atoms with Crippen molar-refractivity contribution in [3.8, 4) is 0 Å². The van der Waals surface area contributed by atoms with Crippen LogP contribution in [0, 0.1) is 6.92 Å². The molecule has 1 aliphatic heterocycles. The summed E-state index contributed by atoms with van der Waals surface area (Å²) in [5.41, 5.74) is 4.78. The zero-order valence-electron chi connectivity index (χ0n) is 16.1. The number of fused-ring (bicyclic) bond motifs is 2. The minimum Gasteiger partial charge on any atom is -0.369 e. The molecule has 0 bridgehead atoms. The van der Waals surface area contributed by atoms with Crippen molar-refractivity contribution in [2.75, 3.05) is 19.7 Å². The van der Waals surface area contributed by atoms with Crippen LogP contribution in [0.5, 0.6) is 0 Å². The van der Waals surface area contributed by atoms with E-state index in [1.165, 1.54) is 16.7 Å². The summed E-state index contributed by atoms with van der Waals surface area (Å²) in [6.45, 7) is 8.03. The van der Waals surface area contributed by atoms with E-state index in [2.05, 4.69) is 36.8 Å². The number of piperidine rings is 1. The highest BCUT2D eigenvalue weighted by Crippen LogP contribution is 2.52. The van der Waals surface area contributed by atoms with Crippen LogP contribution in [0.25, 0.3) is 0 Å². The van der Waals surface area contributed by atoms with Gasteiger partial charge in [-0.15, -0.1) is 6.58 Å². The number of carbonyl (C=O) groups excluding carboxylic acids is 1. The average Bonchev–Trinajstić information content (AvgIpc) is 3.22. The van der Waals surface area contributed by atoms with Crippen LogP contribution in [-0.2, 0) is 17.2 Å². The Morgan fingerprint density at radius 3 is 2.81 bits per heavy atom. The van der Waals surface area contributed by atoms with Gasteiger partial charge in [0.05, 0.1) is 12.7 Å². The number of hydrogen-bond donors (Lipinski definition) is 0. The Morgan fingerprint density at radius 1 is 1.37 bits per heavy atom. The second-order valence-electron chi connectivity index (χ2n) is 7.82. The van der Waals surface area contributed by atoms with Gasteiger partial charge in [0.2, 0.25) is 0 Å². The summed E-state index contributed by atoms with van der Waals surface area (Å²) in [4.78, 5) is 14.8. The van der Waals surface area contributed by atoms with Crippen LogP contribution >= 0.6 is 0 Å². The zero-order valence-corrected chi connectivity index (χ0v) is 16.1. The van der Waals surface area contributed by atoms with Crippen LogP contribution in [0.3, 0.4) is 0 Å². The number of aromatic nitrogens is 2. The molecule has 27 heavy (non-hydrogen) atoms. The minimum absolute atomic E-state index is 0.0757. The molecule has 1 amide bonds. The number of ether oxygens (including phenoxy) is 1. The maximum Gasteiger partial charge on any atom is 0.272 e. The Labute approximate surface area is 160 Å². The molecule has 1 aliphatic carbocycles. The lowest BCUT2D eigenvalue weighted by Gasteiger charge is -2.40. The van der Waals surface area contributed by atoms with E-state index in [9.17, 15) is 4.79 Å². The van der Waals surface area contributed by atoms with Crippen molar-refractivity contribution in [3.05, 3.63) is 65.5 Å². The third-order valence-electron chi connectivity index (χ3n) is 6.17. The first-order chi connectivity index (χ1) is 13.0. The lowest BCUT2D eigenvalue weighted by molar-refractivity contribution is 0.0445. The van der Waals surface area contributed by atoms with Crippen LogP contribution < -0.4 is 0 Å². The zero-order chi connectivity index (χ0) is 19.0. The topological polar surface area (TPSA) is 47.4 Å². The predicted octanol–water partition coefficient (Wildman–Crippen LogP) is 3.55. The fraction of sp³-hybridized carbons (Fsp3) is 0.455. The summed E-state index contributed by atoms with van der Waals surface area (Å²) in [5.74, 6) is 0.0757. The molecule has 0 N–H and O–H groups in total. The molecule has 2 heterocycles. The van der Waals surface area contributed by atoms with Crippen LogP contribution in [0.2, 0.25) is 0 Å². The summed E-state index contributed by atoms with van der Waals surface area (Å²) in [6.07, 6.45) is 6.55. The standard InChI is InChI=1S/C22H27N3O2/c1-4-13-27-20-15-22(18-14-16(2)5-6-17(18)20)8-11-25(12-9-22)21(26)19-7-10-23-24(19)3/h4-7,10,14,20H,1,8-9,11-13,15H2,2-3H3. The van der Waals surface area contributed by atoms with Gasteiger partial charge in [0.1, 0.15) is 5.69 Å². The van der Waals surface area contributed by atoms with E-state index in [0.717, 1.165) is 32.4 Å². The molecular weight excluding hydrogens is 338 g/mol. The largest absolute Gasteiger partial charge is 0.369 e. The van der Waals surface area contributed by atoms with Crippen molar-refractivity contribution >= 4 is 5.91 Å². The van der Waals surface area contributed by atoms with Gasteiger partial charge in [-0.1, -0.05) is 29.8 Å². The second kappa shape index (κ2) is 6.97. The summed E-state index contributed by atoms with van der Waals surface area (Å²) in [5, 5.41) is 4.13. The monoisotopic (exact) mass is 365 g/mol. The smallest absolute Gasteiger partial charge is 0.272 e. The SMILES string of the molecule is C=CCOC1CC2(CCN(C(=O)c3ccnn3C)CC2)c2cc(C)ccc21. The number of benzene rings is 1. The average molecular weight is 365 g/mol. The van der Waals surface area contributed by atoms with Gasteiger partial charge in [0.15, 0.2) is 0 Å². The van der Waals surface area contributed by atoms with Crippen molar-refractivity contribution < 1.29 is 9.53 Å². The summed E-state index contributed by atoms with van der Waals surface area (Å²) in [6, 6.07) is 8.51. The van der Waals surface area contributed by atoms with Crippen LogP contribution in [-0.4, -0.2) is 40.3 Å². The maximum absolute atomic E-state index is 12.8. The van der Waals surface area contributed by atoms with Crippen LogP contribution in [0.1, 0.15) is 52.5 Å². The predicted molar refractivity (Wildman–Crippen MR) is 105 cm³/mol. The van der Waals surface area contributed by atoms with Crippen molar-refractivity contribution in [2.24, 2.45) is 7.05 Å². The first kappa shape index (κ1) is 18.0. The van der Waals surface area contributed by atoms with Gasteiger partial charge in [-0.05, 0) is 43.4 Å². The van der Waals surface area contributed by atoms with E-state index in [1.54, 1.807) is 16.9 Å². The molecule has 1 atom stereocenters. The molecule has 2 aliphatic rings. The van der Waals surface area contributed by atoms with Gasteiger partial charge in [-0.2, -0.15) is 5.10 Å². The number of carbonyl (C=O) groups is 1. The summed E-state index contributed by atoms with van der Waals surface area (Å²) >= 11 is 0. The van der Waals surface area contributed by atoms with Crippen LogP contribution in [0.4, 0.5) is 0 Å². The highest BCUT2D eigenvalue weighted by atomic mass is 16.5. The van der Waals surface area contributed by atoms with Gasteiger partial charge < -0.3 is 9.64 Å². The molecule has 5 heteroatoms. The second-order valence-corrected chi connectivity index (χ2v) is 7.82. The molecule has 5 nitrogen and oxygen atoms in total. The number of hydrogen-bond acceptors (Lipinski definition) is 3. The number of rotatable bonds is 4. The molecule has 1 aromatic carbocycles. The quantitative estimate of drug-likeness (QED) is 0.779. The third kappa shape index (κ3) is 3.10. The number of nitrogens with zero attached hydrogens (tertiary/aromatic N) is 3. The molecule has 142 valence electrons. The van der Waals surface area contributed by atoms with E-state index in [1.807, 2.05) is 18.0 Å². The number of amides is 1. The molecule has 1 spiro atoms. The fourth-order valence-electron chi connectivity index (χ4n) is 4.67. The molecule has 1 unspecified atom stereocenters. The van der Waals surface area contributed by atoms with Gasteiger partial charge in [0.25, 0.3) is 5.91 Å². The van der Waals surface area contributed by atoms with Crippen molar-refractivity contribution in [1.29, 1.82) is 0 Å². The Bertz CT molecular complexity index is 862. The molecule has 1 saturated heterocycles. The Balaban J connectivity index is 1.55. The maximum atomic E-state index is 12.8. The van der Waals surface area contributed by atoms with Gasteiger partial charge in [-0.3, -0.25) is 9.48 Å². The Hall–Kier alpha value is -2.40. The summed E-state index contributed by atoms with van der Waals surface area (Å²) in [7, 11) is 1.82. The molecule has 2 aromatic rings. The van der Waals surface area contributed by atoms with Crippen molar-refractivity contribution in [3.63, 3.8) is 0 Å². The fourth-order valence-corrected chi connectivity index (χ4v) is 4.67. The molecule has 0 radical (unpaired) electrons. The number of aryl methyl sites for hydroxylation is 2. The highest BCUT2D eigenvalue weighted by molar-refractivity contribution is 5.92. The van der Waals surface area contributed by atoms with E-state index in [-0.39, 0.29) is 17.4 Å². The summed E-state index contributed by atoms with van der Waals surface area (Å²) < 4.78 is 7.74. The lowest BCUT2D eigenvalue weighted by atomic mass is 9.73. The van der Waals surface area contributed by atoms with E-state index >= 15 is 0 Å². The molecule has 4 rings (SSSR count). The highest BCUT2D eigenvalue weighted by Gasteiger charge is 2.46. The van der Waals surface area contributed by atoms with Gasteiger partial charge in [-0.25, -0.2) is 0 Å². The molecular formula is C22H27N3O2. The van der Waals surface area contributed by atoms with Crippen LogP contribution in [0.15, 0.2) is 43.1 Å². The molecule has 1 aromatic heterocycles. The third-order valence-corrected chi connectivity index (χ3v) is 6.17. The molecule has 1 fully saturated rings. The van der Waals surface area contributed by atoms with Crippen molar-refractivity contribution in [2.45, 2.75) is 37.7 Å². The first-order valence-corrected chi connectivity index (χ1v) is 9.65. The van der Waals surface area contributed by atoms with Gasteiger partial charge in [0, 0.05) is 31.7 Å². The normalized spacial score (nSPS) is 20.7. The first-order valence-electron chi connectivity index (χ1n) is 9.65. The Morgan fingerprint density at radius 2 is 2.15 bits per heavy atom. The van der Waals surface area contributed by atoms with Crippen molar-refractivity contribution in [1.82, 2.24) is 14.7 Å². The minimum atomic E-state index is 0.0757. The Kier molecular flexibility index (Phi) is 4.64.